The molecule has 0 aliphatic rings. The maximum atomic E-state index is 11.6. The van der Waals surface area contributed by atoms with Gasteiger partial charge in [-0.3, -0.25) is 4.79 Å². The first-order chi connectivity index (χ1) is 6.97. The Kier molecular flexibility index (Phi) is 3.31. The van der Waals surface area contributed by atoms with Crippen LogP contribution < -0.4 is 10.5 Å². The highest BCUT2D eigenvalue weighted by Gasteiger charge is 2.17. The minimum absolute atomic E-state index is 0.0975. The molecule has 1 aromatic rings. The first kappa shape index (κ1) is 11.5. The van der Waals surface area contributed by atoms with E-state index in [1.165, 1.54) is 13.2 Å². The molecule has 3 N–H and O–H groups in total. The fourth-order valence-corrected chi connectivity index (χ4v) is 1.34. The van der Waals surface area contributed by atoms with Crippen LogP contribution in [0.5, 0.6) is 11.5 Å². The lowest BCUT2D eigenvalue weighted by Crippen LogP contribution is -2.26. The largest absolute Gasteiger partial charge is 0.507 e. The van der Waals surface area contributed by atoms with Gasteiger partial charge in [-0.1, -0.05) is 0 Å². The molecular weight excluding hydrogens is 194 g/mol. The van der Waals surface area contributed by atoms with E-state index >= 15 is 0 Å². The average Bonchev–Trinajstić information content (AvgIpc) is 2.19. The van der Waals surface area contributed by atoms with Crippen molar-refractivity contribution in [3.05, 3.63) is 23.3 Å². The second-order valence-corrected chi connectivity index (χ2v) is 3.49. The number of aromatic hydroxyl groups is 1. The third-order valence-corrected chi connectivity index (χ3v) is 2.19. The maximum absolute atomic E-state index is 11.6. The monoisotopic (exact) mass is 209 g/mol. The van der Waals surface area contributed by atoms with E-state index in [2.05, 4.69) is 0 Å². The van der Waals surface area contributed by atoms with Crippen LogP contribution in [0.3, 0.4) is 0 Å². The summed E-state index contributed by atoms with van der Waals surface area (Å²) in [5, 5.41) is 9.61. The van der Waals surface area contributed by atoms with Gasteiger partial charge < -0.3 is 15.6 Å². The lowest BCUT2D eigenvalue weighted by atomic mass is 10.0. The molecule has 82 valence electrons. The highest BCUT2D eigenvalue weighted by atomic mass is 16.5. The van der Waals surface area contributed by atoms with Gasteiger partial charge in [-0.25, -0.2) is 0 Å². The van der Waals surface area contributed by atoms with E-state index in [4.69, 9.17) is 10.5 Å². The van der Waals surface area contributed by atoms with E-state index in [0.29, 0.717) is 5.75 Å². The third kappa shape index (κ3) is 2.27. The van der Waals surface area contributed by atoms with Crippen molar-refractivity contribution in [2.75, 3.05) is 7.11 Å². The minimum Gasteiger partial charge on any atom is -0.507 e. The molecule has 0 saturated heterocycles. The zero-order chi connectivity index (χ0) is 11.6. The van der Waals surface area contributed by atoms with Crippen LogP contribution in [0, 0.1) is 6.92 Å². The molecule has 0 amide bonds. The van der Waals surface area contributed by atoms with Gasteiger partial charge in [0.25, 0.3) is 0 Å². The van der Waals surface area contributed by atoms with E-state index in [1.54, 1.807) is 19.9 Å². The summed E-state index contributed by atoms with van der Waals surface area (Å²) in [5.74, 6) is 0.173. The summed E-state index contributed by atoms with van der Waals surface area (Å²) in [6, 6.07) is 2.38. The lowest BCUT2D eigenvalue weighted by molar-refractivity contribution is 0.0965. The number of ether oxygens (including phenoxy) is 1. The fourth-order valence-electron chi connectivity index (χ4n) is 1.34. The van der Waals surface area contributed by atoms with Crippen molar-refractivity contribution in [1.82, 2.24) is 0 Å². The molecule has 0 bridgehead atoms. The summed E-state index contributed by atoms with van der Waals surface area (Å²) in [7, 11) is 1.51. The molecule has 0 radical (unpaired) electrons. The predicted molar refractivity (Wildman–Crippen MR) is 57.4 cm³/mol. The molecule has 0 spiro atoms. The van der Waals surface area contributed by atoms with Crippen molar-refractivity contribution in [1.29, 1.82) is 0 Å². The first-order valence-electron chi connectivity index (χ1n) is 4.64. The normalized spacial score (nSPS) is 12.3. The molecule has 0 heterocycles. The zero-order valence-corrected chi connectivity index (χ0v) is 9.07. The summed E-state index contributed by atoms with van der Waals surface area (Å²) >= 11 is 0. The molecule has 1 rings (SSSR count). The van der Waals surface area contributed by atoms with Crippen LogP contribution in [-0.4, -0.2) is 24.0 Å². The molecule has 0 aromatic heterocycles. The number of carbonyl (C=O) groups is 1. The Balaban J connectivity index is 3.22. The van der Waals surface area contributed by atoms with Crippen molar-refractivity contribution in [3.8, 4) is 11.5 Å². The van der Waals surface area contributed by atoms with E-state index in [1.807, 2.05) is 0 Å². The van der Waals surface area contributed by atoms with Gasteiger partial charge in [0, 0.05) is 6.07 Å². The number of rotatable bonds is 3. The Hall–Kier alpha value is -1.55. The molecule has 1 atom stereocenters. The summed E-state index contributed by atoms with van der Waals surface area (Å²) in [6.45, 7) is 3.39. The Morgan fingerprint density at radius 2 is 2.13 bits per heavy atom. The van der Waals surface area contributed by atoms with Gasteiger partial charge in [-0.15, -0.1) is 0 Å². The summed E-state index contributed by atoms with van der Waals surface area (Å²) < 4.78 is 5.02. The quantitative estimate of drug-likeness (QED) is 0.734. The number of carbonyl (C=O) groups excluding carboxylic acids is 1. The lowest BCUT2D eigenvalue weighted by Gasteiger charge is -2.10. The molecule has 15 heavy (non-hydrogen) atoms. The van der Waals surface area contributed by atoms with Crippen LogP contribution in [0.2, 0.25) is 0 Å². The van der Waals surface area contributed by atoms with E-state index < -0.39 is 6.04 Å². The number of aryl methyl sites for hydroxylation is 1. The van der Waals surface area contributed by atoms with Gasteiger partial charge in [0.05, 0.1) is 18.7 Å². The van der Waals surface area contributed by atoms with Gasteiger partial charge in [0.2, 0.25) is 0 Å². The number of benzene rings is 1. The molecule has 0 fully saturated rings. The van der Waals surface area contributed by atoms with Crippen molar-refractivity contribution >= 4 is 5.78 Å². The Morgan fingerprint density at radius 1 is 1.53 bits per heavy atom. The molecule has 4 heteroatoms. The van der Waals surface area contributed by atoms with Gasteiger partial charge in [-0.2, -0.15) is 0 Å². The smallest absolute Gasteiger partial charge is 0.182 e. The van der Waals surface area contributed by atoms with Gasteiger partial charge in [0.15, 0.2) is 5.78 Å². The zero-order valence-electron chi connectivity index (χ0n) is 9.07. The number of methoxy groups -OCH3 is 1. The highest BCUT2D eigenvalue weighted by molar-refractivity contribution is 6.02. The number of Topliss-reactive ketones (excluding diaryl/α,β-unsaturated/α-hetero) is 1. The SMILES string of the molecule is COc1cc(O)c(C(=O)C(C)N)cc1C. The van der Waals surface area contributed by atoms with Crippen molar-refractivity contribution < 1.29 is 14.6 Å². The topological polar surface area (TPSA) is 72.5 Å². The first-order valence-corrected chi connectivity index (χ1v) is 4.64. The number of hydrogen-bond acceptors (Lipinski definition) is 4. The number of ketones is 1. The molecule has 1 aromatic carbocycles. The Labute approximate surface area is 88.7 Å². The standard InChI is InChI=1S/C11H15NO3/c1-6-4-8(11(14)7(2)12)9(13)5-10(6)15-3/h4-5,7,13H,12H2,1-3H3. The van der Waals surface area contributed by atoms with Crippen molar-refractivity contribution in [2.45, 2.75) is 19.9 Å². The third-order valence-electron chi connectivity index (χ3n) is 2.19. The summed E-state index contributed by atoms with van der Waals surface area (Å²) in [6.07, 6.45) is 0. The summed E-state index contributed by atoms with van der Waals surface area (Å²) in [5.41, 5.74) is 6.50. The molecule has 1 unspecified atom stereocenters. The van der Waals surface area contributed by atoms with Crippen LogP contribution in [-0.2, 0) is 0 Å². The second kappa shape index (κ2) is 4.31. The van der Waals surface area contributed by atoms with E-state index in [0.717, 1.165) is 5.56 Å². The predicted octanol–water partition coefficient (Wildman–Crippen LogP) is 1.24. The highest BCUT2D eigenvalue weighted by Crippen LogP contribution is 2.28. The second-order valence-electron chi connectivity index (χ2n) is 3.49. The van der Waals surface area contributed by atoms with Crippen molar-refractivity contribution in [3.63, 3.8) is 0 Å². The average molecular weight is 209 g/mol. The number of phenols is 1. The Morgan fingerprint density at radius 3 is 2.60 bits per heavy atom. The molecule has 4 nitrogen and oxygen atoms in total. The van der Waals surface area contributed by atoms with Crippen molar-refractivity contribution in [2.24, 2.45) is 5.73 Å². The van der Waals surface area contributed by atoms with Crippen LogP contribution in [0.4, 0.5) is 0 Å². The minimum atomic E-state index is -0.622. The molecule has 0 aliphatic heterocycles. The Bertz CT molecular complexity index is 386. The van der Waals surface area contributed by atoms with Crippen LogP contribution in [0.15, 0.2) is 12.1 Å². The van der Waals surface area contributed by atoms with Crippen LogP contribution >= 0.6 is 0 Å². The van der Waals surface area contributed by atoms with Gasteiger partial charge in [-0.05, 0) is 25.5 Å². The maximum Gasteiger partial charge on any atom is 0.182 e. The van der Waals surface area contributed by atoms with Crippen LogP contribution in [0.25, 0.3) is 0 Å². The van der Waals surface area contributed by atoms with E-state index in [9.17, 15) is 9.90 Å². The molecule has 0 saturated carbocycles. The number of nitrogens with two attached hydrogens (primary N) is 1. The fraction of sp³-hybridized carbons (Fsp3) is 0.364. The van der Waals surface area contributed by atoms with E-state index in [-0.39, 0.29) is 17.1 Å². The molecular formula is C11H15NO3. The summed E-state index contributed by atoms with van der Waals surface area (Å²) in [4.78, 5) is 11.6. The molecule has 0 aliphatic carbocycles. The number of phenolic OH excluding ortho intramolecular Hbond substituents is 1. The number of hydrogen-bond donors (Lipinski definition) is 2. The van der Waals surface area contributed by atoms with Gasteiger partial charge >= 0.3 is 0 Å². The van der Waals surface area contributed by atoms with Gasteiger partial charge in [0.1, 0.15) is 11.5 Å². The van der Waals surface area contributed by atoms with Crippen LogP contribution in [0.1, 0.15) is 22.8 Å².